The first-order valence-electron chi connectivity index (χ1n) is 4.16. The first-order valence-corrected chi connectivity index (χ1v) is 4.57. The lowest BCUT2D eigenvalue weighted by atomic mass is 10.1. The third-order valence-corrected chi connectivity index (χ3v) is 2.01. The zero-order valence-electron chi connectivity index (χ0n) is 7.40. The predicted octanol–water partition coefficient (Wildman–Crippen LogP) is 1.89. The van der Waals surface area contributed by atoms with Crippen molar-refractivity contribution in [2.24, 2.45) is 5.73 Å². The fraction of sp³-hybridized carbons (Fsp3) is 0. The van der Waals surface area contributed by atoms with Crippen LogP contribution in [0.2, 0.25) is 0 Å². The summed E-state index contributed by atoms with van der Waals surface area (Å²) in [6.07, 6.45) is 3.58. The number of nitrogens with one attached hydrogen (secondary N) is 1. The average molecular weight is 203 g/mol. The Labute approximate surface area is 86.9 Å². The van der Waals surface area contributed by atoms with Crippen LogP contribution >= 0.6 is 12.2 Å². The molecule has 0 saturated carbocycles. The summed E-state index contributed by atoms with van der Waals surface area (Å²) >= 11 is 4.75. The molecule has 0 spiro atoms. The molecule has 0 unspecified atom stereocenters. The minimum absolute atomic E-state index is 0.276. The van der Waals surface area contributed by atoms with Gasteiger partial charge >= 0.3 is 0 Å². The van der Waals surface area contributed by atoms with Crippen molar-refractivity contribution < 1.29 is 0 Å². The summed E-state index contributed by atoms with van der Waals surface area (Å²) < 4.78 is 0. The van der Waals surface area contributed by atoms with E-state index >= 15 is 0 Å². The Morgan fingerprint density at radius 3 is 2.93 bits per heavy atom. The molecule has 0 bridgehead atoms. The highest BCUT2D eigenvalue weighted by Gasteiger charge is 1.95. The van der Waals surface area contributed by atoms with E-state index in [1.165, 1.54) is 0 Å². The molecule has 1 aromatic heterocycles. The number of rotatable bonds is 1. The van der Waals surface area contributed by atoms with Crippen LogP contribution in [-0.4, -0.2) is 10.1 Å². The van der Waals surface area contributed by atoms with Crippen molar-refractivity contribution in [1.29, 1.82) is 0 Å². The van der Waals surface area contributed by atoms with Crippen LogP contribution in [0.15, 0.2) is 36.7 Å². The third kappa shape index (κ3) is 1.80. The maximum Gasteiger partial charge on any atom is 0.168 e. The smallest absolute Gasteiger partial charge is 0.168 e. The van der Waals surface area contributed by atoms with E-state index in [9.17, 15) is 0 Å². The lowest BCUT2D eigenvalue weighted by Gasteiger charge is -2.04. The van der Waals surface area contributed by atoms with E-state index in [1.807, 2.05) is 30.5 Å². The van der Waals surface area contributed by atoms with Crippen molar-refractivity contribution in [2.75, 3.05) is 5.32 Å². The van der Waals surface area contributed by atoms with E-state index in [0.29, 0.717) is 0 Å². The van der Waals surface area contributed by atoms with Crippen LogP contribution in [0.4, 0.5) is 5.69 Å². The van der Waals surface area contributed by atoms with Gasteiger partial charge in [-0.1, -0.05) is 6.07 Å². The molecule has 70 valence electrons. The van der Waals surface area contributed by atoms with Gasteiger partial charge in [0, 0.05) is 23.5 Å². The molecular weight excluding hydrogens is 194 g/mol. The van der Waals surface area contributed by atoms with Crippen LogP contribution in [0.3, 0.4) is 0 Å². The third-order valence-electron chi connectivity index (χ3n) is 1.91. The Bertz CT molecular complexity index is 482. The normalized spacial score (nSPS) is 10.0. The van der Waals surface area contributed by atoms with Crippen molar-refractivity contribution in [3.63, 3.8) is 0 Å². The first kappa shape index (κ1) is 8.90. The summed E-state index contributed by atoms with van der Waals surface area (Å²) in [5, 5.41) is 5.37. The van der Waals surface area contributed by atoms with Gasteiger partial charge in [0.1, 0.15) is 0 Å². The van der Waals surface area contributed by atoms with Crippen LogP contribution in [0.25, 0.3) is 10.8 Å². The number of hydrogen-bond acceptors (Lipinski definition) is 2. The largest absolute Gasteiger partial charge is 0.376 e. The van der Waals surface area contributed by atoms with E-state index < -0.39 is 0 Å². The average Bonchev–Trinajstić information content (AvgIpc) is 2.17. The van der Waals surface area contributed by atoms with E-state index in [2.05, 4.69) is 10.3 Å². The molecule has 0 fully saturated rings. The zero-order chi connectivity index (χ0) is 9.97. The molecule has 0 saturated heterocycles. The van der Waals surface area contributed by atoms with Crippen molar-refractivity contribution >= 4 is 33.8 Å². The van der Waals surface area contributed by atoms with Gasteiger partial charge in [0.2, 0.25) is 0 Å². The quantitative estimate of drug-likeness (QED) is 0.695. The summed E-state index contributed by atoms with van der Waals surface area (Å²) in [7, 11) is 0. The zero-order valence-corrected chi connectivity index (χ0v) is 8.21. The van der Waals surface area contributed by atoms with E-state index in [1.54, 1.807) is 6.20 Å². The summed E-state index contributed by atoms with van der Waals surface area (Å²) in [4.78, 5) is 4.03. The Morgan fingerprint density at radius 2 is 2.14 bits per heavy atom. The van der Waals surface area contributed by atoms with Gasteiger partial charge in [-0.25, -0.2) is 0 Å². The van der Waals surface area contributed by atoms with Crippen LogP contribution in [0.5, 0.6) is 0 Å². The van der Waals surface area contributed by atoms with Crippen LogP contribution in [-0.2, 0) is 0 Å². The second-order valence-electron chi connectivity index (χ2n) is 2.93. The van der Waals surface area contributed by atoms with Gasteiger partial charge in [-0.3, -0.25) is 4.98 Å². The molecule has 0 amide bonds. The second kappa shape index (κ2) is 3.59. The van der Waals surface area contributed by atoms with Gasteiger partial charge in [-0.15, -0.1) is 0 Å². The number of benzene rings is 1. The Kier molecular flexibility index (Phi) is 2.28. The summed E-state index contributed by atoms with van der Waals surface area (Å²) in [5.41, 5.74) is 6.28. The van der Waals surface area contributed by atoms with E-state index in [-0.39, 0.29) is 5.11 Å². The second-order valence-corrected chi connectivity index (χ2v) is 3.37. The SMILES string of the molecule is NC(=S)Nc1ccc2cnccc2c1. The number of anilines is 1. The van der Waals surface area contributed by atoms with Crippen molar-refractivity contribution in [3.8, 4) is 0 Å². The molecule has 14 heavy (non-hydrogen) atoms. The molecule has 2 rings (SSSR count). The van der Waals surface area contributed by atoms with Crippen LogP contribution in [0.1, 0.15) is 0 Å². The number of hydrogen-bond donors (Lipinski definition) is 2. The molecular formula is C10H9N3S. The molecule has 0 aliphatic rings. The molecule has 0 aliphatic heterocycles. The highest BCUT2D eigenvalue weighted by molar-refractivity contribution is 7.80. The van der Waals surface area contributed by atoms with Crippen LogP contribution in [0, 0.1) is 0 Å². The lowest BCUT2D eigenvalue weighted by Crippen LogP contribution is -2.18. The molecule has 0 atom stereocenters. The molecule has 0 radical (unpaired) electrons. The standard InChI is InChI=1S/C10H9N3S/c11-10(14)13-9-2-1-8-6-12-4-3-7(8)5-9/h1-6H,(H3,11,13,14). The van der Waals surface area contributed by atoms with Gasteiger partial charge in [-0.05, 0) is 35.8 Å². The molecule has 1 heterocycles. The topological polar surface area (TPSA) is 50.9 Å². The van der Waals surface area contributed by atoms with Gasteiger partial charge in [-0.2, -0.15) is 0 Å². The number of aromatic nitrogens is 1. The van der Waals surface area contributed by atoms with Crippen LogP contribution < -0.4 is 11.1 Å². The maximum atomic E-state index is 5.38. The molecule has 2 aromatic rings. The van der Waals surface area contributed by atoms with E-state index in [4.69, 9.17) is 18.0 Å². The Balaban J connectivity index is 2.46. The first-order chi connectivity index (χ1) is 6.75. The maximum absolute atomic E-state index is 5.38. The highest BCUT2D eigenvalue weighted by atomic mass is 32.1. The lowest BCUT2D eigenvalue weighted by molar-refractivity contribution is 1.36. The number of nitrogens with two attached hydrogens (primary N) is 1. The molecule has 0 aliphatic carbocycles. The van der Waals surface area contributed by atoms with Crippen molar-refractivity contribution in [1.82, 2.24) is 4.98 Å². The summed E-state index contributed by atoms with van der Waals surface area (Å²) in [6.45, 7) is 0. The molecule has 3 N–H and O–H groups in total. The number of pyridine rings is 1. The fourth-order valence-electron chi connectivity index (χ4n) is 1.30. The highest BCUT2D eigenvalue weighted by Crippen LogP contribution is 2.17. The van der Waals surface area contributed by atoms with Crippen molar-refractivity contribution in [3.05, 3.63) is 36.7 Å². The number of thiocarbonyl (C=S) groups is 1. The number of fused-ring (bicyclic) bond motifs is 1. The summed E-state index contributed by atoms with van der Waals surface area (Å²) in [5.74, 6) is 0. The summed E-state index contributed by atoms with van der Waals surface area (Å²) in [6, 6.07) is 7.82. The fourth-order valence-corrected chi connectivity index (χ4v) is 1.42. The van der Waals surface area contributed by atoms with E-state index in [0.717, 1.165) is 16.5 Å². The predicted molar refractivity (Wildman–Crippen MR) is 62.2 cm³/mol. The minimum atomic E-state index is 0.276. The van der Waals surface area contributed by atoms with Crippen molar-refractivity contribution in [2.45, 2.75) is 0 Å². The molecule has 1 aromatic carbocycles. The Hall–Kier alpha value is -1.68. The molecule has 4 heteroatoms. The molecule has 3 nitrogen and oxygen atoms in total. The van der Waals surface area contributed by atoms with Gasteiger partial charge in [0.05, 0.1) is 0 Å². The monoisotopic (exact) mass is 203 g/mol. The number of nitrogens with zero attached hydrogens (tertiary/aromatic N) is 1. The Morgan fingerprint density at radius 1 is 1.29 bits per heavy atom. The minimum Gasteiger partial charge on any atom is -0.376 e. The van der Waals surface area contributed by atoms with Gasteiger partial charge < -0.3 is 11.1 Å². The van der Waals surface area contributed by atoms with Gasteiger partial charge in [0.15, 0.2) is 5.11 Å². The van der Waals surface area contributed by atoms with Gasteiger partial charge in [0.25, 0.3) is 0 Å².